The van der Waals surface area contributed by atoms with Gasteiger partial charge < -0.3 is 25.4 Å². The molecule has 1 unspecified atom stereocenters. The lowest BCUT2D eigenvalue weighted by Gasteiger charge is -2.30. The Morgan fingerprint density at radius 2 is 1.82 bits per heavy atom. The lowest BCUT2D eigenvalue weighted by Crippen LogP contribution is -2.45. The first-order chi connectivity index (χ1) is 18.6. The molecule has 1 saturated heterocycles. The topological polar surface area (TPSA) is 106 Å². The fraction of sp³-hybridized carbons (Fsp3) is 0.516. The quantitative estimate of drug-likeness (QED) is 0.366. The predicted molar refractivity (Wildman–Crippen MR) is 152 cm³/mol. The summed E-state index contributed by atoms with van der Waals surface area (Å²) in [6.45, 7) is 9.70. The number of hydrogen-bond donors (Lipinski definition) is 3. The molecule has 0 aromatic heterocycles. The molecule has 2 aromatic carbocycles. The van der Waals surface area contributed by atoms with Crippen molar-refractivity contribution >= 4 is 18.0 Å². The molecule has 1 fully saturated rings. The Labute approximate surface area is 232 Å². The molecule has 2 amide bonds. The van der Waals surface area contributed by atoms with E-state index in [1.54, 1.807) is 12.1 Å². The smallest absolute Gasteiger partial charge is 0.407 e. The van der Waals surface area contributed by atoms with Crippen molar-refractivity contribution in [1.29, 1.82) is 0 Å². The van der Waals surface area contributed by atoms with Crippen LogP contribution in [0, 0.1) is 11.8 Å². The molecule has 0 radical (unpaired) electrons. The summed E-state index contributed by atoms with van der Waals surface area (Å²) in [5, 5.41) is 9.26. The summed E-state index contributed by atoms with van der Waals surface area (Å²) in [5.74, 6) is -0.475. The molecule has 1 heterocycles. The molecule has 3 rings (SSSR count). The van der Waals surface area contributed by atoms with Crippen LogP contribution in [0.15, 0.2) is 48.5 Å². The van der Waals surface area contributed by atoms with Crippen LogP contribution < -0.4 is 16.0 Å². The van der Waals surface area contributed by atoms with Crippen LogP contribution in [0.5, 0.6) is 0 Å². The zero-order chi connectivity index (χ0) is 28.4. The zero-order valence-electron chi connectivity index (χ0n) is 23.8. The van der Waals surface area contributed by atoms with Crippen LogP contribution in [-0.2, 0) is 20.8 Å². The summed E-state index contributed by atoms with van der Waals surface area (Å²) in [6.07, 6.45) is 3.03. The van der Waals surface area contributed by atoms with Gasteiger partial charge in [0.2, 0.25) is 0 Å². The van der Waals surface area contributed by atoms with Crippen molar-refractivity contribution in [2.45, 2.75) is 71.6 Å². The molecule has 8 heteroatoms. The molecular weight excluding hydrogens is 494 g/mol. The van der Waals surface area contributed by atoms with Crippen LogP contribution in [0.2, 0.25) is 0 Å². The lowest BCUT2D eigenvalue weighted by atomic mass is 9.84. The van der Waals surface area contributed by atoms with E-state index in [0.29, 0.717) is 30.9 Å². The van der Waals surface area contributed by atoms with E-state index in [-0.39, 0.29) is 23.8 Å². The molecule has 212 valence electrons. The van der Waals surface area contributed by atoms with Gasteiger partial charge in [0.05, 0.1) is 13.0 Å². The molecule has 0 bridgehead atoms. The van der Waals surface area contributed by atoms with E-state index in [1.165, 1.54) is 7.11 Å². The number of rotatable bonds is 10. The number of benzene rings is 2. The van der Waals surface area contributed by atoms with Crippen molar-refractivity contribution in [2.24, 2.45) is 11.8 Å². The third-order valence-corrected chi connectivity index (χ3v) is 6.98. The highest BCUT2D eigenvalue weighted by Crippen LogP contribution is 2.25. The Bertz CT molecular complexity index is 1100. The third-order valence-electron chi connectivity index (χ3n) is 6.98. The normalized spacial score (nSPS) is 17.0. The van der Waals surface area contributed by atoms with Crippen molar-refractivity contribution in [3.8, 4) is 11.1 Å². The van der Waals surface area contributed by atoms with E-state index in [1.807, 2.05) is 64.1 Å². The molecule has 3 N–H and O–H groups in total. The number of esters is 1. The first kappa shape index (κ1) is 30.2. The van der Waals surface area contributed by atoms with Gasteiger partial charge in [-0.3, -0.25) is 9.59 Å². The van der Waals surface area contributed by atoms with Crippen molar-refractivity contribution < 1.29 is 23.9 Å². The first-order valence-corrected chi connectivity index (χ1v) is 13.8. The Morgan fingerprint density at radius 3 is 2.44 bits per heavy atom. The van der Waals surface area contributed by atoms with E-state index in [2.05, 4.69) is 16.0 Å². The molecule has 2 aromatic rings. The highest BCUT2D eigenvalue weighted by molar-refractivity contribution is 5.95. The molecule has 39 heavy (non-hydrogen) atoms. The van der Waals surface area contributed by atoms with Crippen LogP contribution in [0.25, 0.3) is 11.1 Å². The molecule has 0 spiro atoms. The van der Waals surface area contributed by atoms with Crippen molar-refractivity contribution in [3.05, 3.63) is 59.7 Å². The average Bonchev–Trinajstić information content (AvgIpc) is 2.93. The second-order valence-electron chi connectivity index (χ2n) is 11.2. The standard InChI is InChI=1S/C31H43N3O5/c1-6-27(26(29(36)38-5)18-22-10-8-16-32-19-22)34-28(35)24-14-12-23(13-15-24)25-11-7-9-21(17-25)20-33-30(37)39-31(2,3)4/h7,9,11-15,17,22,26-27,32H,6,8,10,16,18-20H2,1-5H3,(H,33,37)(H,34,35)/t22?,26-,27-/m1/s1. The number of alkyl carbamates (subject to hydrolysis) is 1. The monoisotopic (exact) mass is 537 g/mol. The van der Waals surface area contributed by atoms with Gasteiger partial charge in [-0.05, 0) is 100 Å². The van der Waals surface area contributed by atoms with Gasteiger partial charge in [0.25, 0.3) is 5.91 Å². The Kier molecular flexibility index (Phi) is 10.9. The van der Waals surface area contributed by atoms with E-state index in [9.17, 15) is 14.4 Å². The van der Waals surface area contributed by atoms with Crippen LogP contribution >= 0.6 is 0 Å². The predicted octanol–water partition coefficient (Wildman–Crippen LogP) is 5.07. The molecule has 0 saturated carbocycles. The second-order valence-corrected chi connectivity index (χ2v) is 11.2. The first-order valence-electron chi connectivity index (χ1n) is 13.8. The summed E-state index contributed by atoms with van der Waals surface area (Å²) in [4.78, 5) is 37.8. The number of hydrogen-bond acceptors (Lipinski definition) is 6. The number of amides is 2. The van der Waals surface area contributed by atoms with Crippen LogP contribution in [0.4, 0.5) is 4.79 Å². The van der Waals surface area contributed by atoms with E-state index >= 15 is 0 Å². The Hall–Kier alpha value is -3.39. The maximum atomic E-state index is 13.1. The maximum absolute atomic E-state index is 13.1. The summed E-state index contributed by atoms with van der Waals surface area (Å²) in [5.41, 5.74) is 2.85. The molecular formula is C31H43N3O5. The Morgan fingerprint density at radius 1 is 1.08 bits per heavy atom. The van der Waals surface area contributed by atoms with Gasteiger partial charge in [0, 0.05) is 18.2 Å². The third kappa shape index (κ3) is 9.39. The average molecular weight is 538 g/mol. The van der Waals surface area contributed by atoms with Crippen molar-refractivity contribution in [1.82, 2.24) is 16.0 Å². The number of ether oxygens (including phenoxy) is 2. The number of carbonyl (C=O) groups is 3. The summed E-state index contributed by atoms with van der Waals surface area (Å²) in [7, 11) is 1.41. The zero-order valence-corrected chi connectivity index (χ0v) is 23.8. The van der Waals surface area contributed by atoms with Crippen molar-refractivity contribution in [3.63, 3.8) is 0 Å². The second kappa shape index (κ2) is 14.1. The van der Waals surface area contributed by atoms with E-state index in [0.717, 1.165) is 42.6 Å². The summed E-state index contributed by atoms with van der Waals surface area (Å²) in [6, 6.07) is 14.9. The van der Waals surface area contributed by atoms with Crippen LogP contribution in [-0.4, -0.2) is 49.8 Å². The number of methoxy groups -OCH3 is 1. The van der Waals surface area contributed by atoms with Crippen LogP contribution in [0.3, 0.4) is 0 Å². The maximum Gasteiger partial charge on any atom is 0.407 e. The number of carbonyl (C=O) groups excluding carboxylic acids is 3. The largest absolute Gasteiger partial charge is 0.469 e. The minimum Gasteiger partial charge on any atom is -0.469 e. The summed E-state index contributed by atoms with van der Waals surface area (Å²) >= 11 is 0. The molecule has 1 aliphatic heterocycles. The van der Waals surface area contributed by atoms with Gasteiger partial charge in [0.15, 0.2) is 0 Å². The molecule has 3 atom stereocenters. The van der Waals surface area contributed by atoms with E-state index < -0.39 is 11.7 Å². The van der Waals surface area contributed by atoms with Gasteiger partial charge in [-0.1, -0.05) is 37.3 Å². The number of nitrogens with one attached hydrogen (secondary N) is 3. The minimum absolute atomic E-state index is 0.209. The fourth-order valence-corrected chi connectivity index (χ4v) is 4.96. The Balaban J connectivity index is 1.64. The molecule has 8 nitrogen and oxygen atoms in total. The number of piperidine rings is 1. The lowest BCUT2D eigenvalue weighted by molar-refractivity contribution is -0.147. The molecule has 1 aliphatic rings. The molecule has 0 aliphatic carbocycles. The van der Waals surface area contributed by atoms with E-state index in [4.69, 9.17) is 9.47 Å². The van der Waals surface area contributed by atoms with Gasteiger partial charge in [-0.25, -0.2) is 4.79 Å². The highest BCUT2D eigenvalue weighted by atomic mass is 16.6. The SMILES string of the molecule is CC[C@@H](NC(=O)c1ccc(-c2cccc(CNC(=O)OC(C)(C)C)c2)cc1)[C@@H](CC1CCCNC1)C(=O)OC. The minimum atomic E-state index is -0.551. The summed E-state index contributed by atoms with van der Waals surface area (Å²) < 4.78 is 10.4. The van der Waals surface area contributed by atoms with Crippen molar-refractivity contribution in [2.75, 3.05) is 20.2 Å². The highest BCUT2D eigenvalue weighted by Gasteiger charge is 2.32. The van der Waals surface area contributed by atoms with Gasteiger partial charge in [0.1, 0.15) is 5.60 Å². The van der Waals surface area contributed by atoms with Gasteiger partial charge in [-0.15, -0.1) is 0 Å². The van der Waals surface area contributed by atoms with Gasteiger partial charge in [-0.2, -0.15) is 0 Å². The van der Waals surface area contributed by atoms with Crippen LogP contribution in [0.1, 0.15) is 69.3 Å². The van der Waals surface area contributed by atoms with Gasteiger partial charge >= 0.3 is 12.1 Å². The fourth-order valence-electron chi connectivity index (χ4n) is 4.96.